The fourth-order valence-electron chi connectivity index (χ4n) is 3.29. The molecule has 0 radical (unpaired) electrons. The van der Waals surface area contributed by atoms with Crippen molar-refractivity contribution in [3.05, 3.63) is 12.7 Å². The number of hydrogen-bond donors (Lipinski definition) is 1. The van der Waals surface area contributed by atoms with Crippen molar-refractivity contribution < 1.29 is 0 Å². The normalized spacial score (nSPS) is 39.3. The maximum Gasteiger partial charge on any atom is 0.0132 e. The molecule has 3 unspecified atom stereocenters. The van der Waals surface area contributed by atoms with Gasteiger partial charge in [-0.1, -0.05) is 18.9 Å². The molecule has 0 saturated heterocycles. The molecule has 0 aromatic carbocycles. The lowest BCUT2D eigenvalue weighted by molar-refractivity contribution is 0.467. The van der Waals surface area contributed by atoms with Crippen LogP contribution in [0.15, 0.2) is 12.7 Å². The van der Waals surface area contributed by atoms with Crippen LogP contribution < -0.4 is 5.32 Å². The number of nitrogens with one attached hydrogen (secondary N) is 1. The Kier molecular flexibility index (Phi) is 2.73. The number of rotatable bonds is 4. The van der Waals surface area contributed by atoms with E-state index in [9.17, 15) is 0 Å². The number of hydrogen-bond acceptors (Lipinski definition) is 1. The molecule has 0 aromatic rings. The highest BCUT2D eigenvalue weighted by Gasteiger charge is 2.53. The van der Waals surface area contributed by atoms with E-state index in [-0.39, 0.29) is 0 Å². The third-order valence-electron chi connectivity index (χ3n) is 3.98. The Hall–Kier alpha value is -0.300. The first-order chi connectivity index (χ1) is 6.38. The minimum Gasteiger partial charge on any atom is -0.316 e. The summed E-state index contributed by atoms with van der Waals surface area (Å²) in [6.45, 7) is 3.84. The van der Waals surface area contributed by atoms with Crippen molar-refractivity contribution in [2.45, 2.75) is 38.1 Å². The molecular weight excluding hydrogens is 158 g/mol. The molecule has 74 valence electrons. The van der Waals surface area contributed by atoms with Gasteiger partial charge in [-0.2, -0.15) is 0 Å². The maximum absolute atomic E-state index is 3.84. The minimum atomic E-state index is 0.714. The summed E-state index contributed by atoms with van der Waals surface area (Å²) < 4.78 is 0. The second-order valence-electron chi connectivity index (χ2n) is 4.61. The lowest BCUT2D eigenvalue weighted by Crippen LogP contribution is -2.27. The van der Waals surface area contributed by atoms with Gasteiger partial charge in [-0.05, 0) is 44.1 Å². The van der Waals surface area contributed by atoms with Crippen LogP contribution in [0.2, 0.25) is 0 Å². The summed E-state index contributed by atoms with van der Waals surface area (Å²) in [7, 11) is 2.10. The lowest BCUT2D eigenvalue weighted by atomic mass is 10.0. The Labute approximate surface area is 81.6 Å². The van der Waals surface area contributed by atoms with Gasteiger partial charge in [0.25, 0.3) is 0 Å². The van der Waals surface area contributed by atoms with Crippen LogP contribution in [0.1, 0.15) is 32.1 Å². The summed E-state index contributed by atoms with van der Waals surface area (Å²) >= 11 is 0. The second-order valence-corrected chi connectivity index (χ2v) is 4.61. The van der Waals surface area contributed by atoms with E-state index in [1.807, 2.05) is 0 Å². The Morgan fingerprint density at radius 2 is 2.00 bits per heavy atom. The first-order valence-corrected chi connectivity index (χ1v) is 5.66. The molecular formula is C12H21N. The first kappa shape index (κ1) is 9.26. The molecule has 1 nitrogen and oxygen atoms in total. The quantitative estimate of drug-likeness (QED) is 0.654. The van der Waals surface area contributed by atoms with Crippen molar-refractivity contribution in [3.8, 4) is 0 Å². The Morgan fingerprint density at radius 3 is 2.46 bits per heavy atom. The molecule has 3 atom stereocenters. The van der Waals surface area contributed by atoms with Crippen LogP contribution >= 0.6 is 0 Å². The Morgan fingerprint density at radius 1 is 1.38 bits per heavy atom. The smallest absolute Gasteiger partial charge is 0.0132 e. The van der Waals surface area contributed by atoms with Gasteiger partial charge in [0, 0.05) is 6.04 Å². The SMILES string of the molecule is C=CCC(NC)C1C2CCCCC21. The molecule has 1 heteroatoms. The molecule has 2 saturated carbocycles. The molecule has 0 aliphatic heterocycles. The molecule has 0 amide bonds. The van der Waals surface area contributed by atoms with Crippen LogP contribution in [0.5, 0.6) is 0 Å². The highest BCUT2D eigenvalue weighted by atomic mass is 14.9. The van der Waals surface area contributed by atoms with E-state index in [2.05, 4.69) is 25.0 Å². The Bertz CT molecular complexity index is 176. The summed E-state index contributed by atoms with van der Waals surface area (Å²) in [6, 6.07) is 0.714. The third kappa shape index (κ3) is 1.67. The van der Waals surface area contributed by atoms with Gasteiger partial charge in [-0.15, -0.1) is 6.58 Å². The Balaban J connectivity index is 1.90. The zero-order valence-corrected chi connectivity index (χ0v) is 8.63. The van der Waals surface area contributed by atoms with Gasteiger partial charge in [0.2, 0.25) is 0 Å². The van der Waals surface area contributed by atoms with Crippen molar-refractivity contribution in [3.63, 3.8) is 0 Å². The van der Waals surface area contributed by atoms with E-state index < -0.39 is 0 Å². The van der Waals surface area contributed by atoms with E-state index in [0.29, 0.717) is 6.04 Å². The standard InChI is InChI=1S/C12H21N/c1-3-6-11(13-2)12-9-7-4-5-8-10(9)12/h3,9-13H,1,4-8H2,2H3. The summed E-state index contributed by atoms with van der Waals surface area (Å²) in [5.41, 5.74) is 0. The summed E-state index contributed by atoms with van der Waals surface area (Å²) in [5.74, 6) is 3.10. The molecule has 2 fully saturated rings. The number of fused-ring (bicyclic) bond motifs is 1. The van der Waals surface area contributed by atoms with E-state index in [1.165, 1.54) is 25.7 Å². The van der Waals surface area contributed by atoms with E-state index in [4.69, 9.17) is 0 Å². The first-order valence-electron chi connectivity index (χ1n) is 5.66. The average molecular weight is 179 g/mol. The summed E-state index contributed by atoms with van der Waals surface area (Å²) in [6.07, 6.45) is 9.14. The predicted octanol–water partition coefficient (Wildman–Crippen LogP) is 2.59. The van der Waals surface area contributed by atoms with Crippen LogP contribution in [0.4, 0.5) is 0 Å². The molecule has 2 rings (SSSR count). The van der Waals surface area contributed by atoms with Gasteiger partial charge >= 0.3 is 0 Å². The van der Waals surface area contributed by atoms with E-state index in [0.717, 1.165) is 24.2 Å². The molecule has 0 heterocycles. The third-order valence-corrected chi connectivity index (χ3v) is 3.98. The summed E-state index contributed by atoms with van der Waals surface area (Å²) in [5, 5.41) is 3.45. The van der Waals surface area contributed by atoms with Crippen molar-refractivity contribution >= 4 is 0 Å². The maximum atomic E-state index is 3.84. The largest absolute Gasteiger partial charge is 0.316 e. The van der Waals surface area contributed by atoms with Crippen LogP contribution in [0, 0.1) is 17.8 Å². The lowest BCUT2D eigenvalue weighted by Gasteiger charge is -2.13. The van der Waals surface area contributed by atoms with Crippen molar-refractivity contribution in [2.24, 2.45) is 17.8 Å². The zero-order valence-electron chi connectivity index (χ0n) is 8.63. The molecule has 0 spiro atoms. The van der Waals surface area contributed by atoms with Crippen LogP contribution in [-0.2, 0) is 0 Å². The van der Waals surface area contributed by atoms with Gasteiger partial charge in [-0.25, -0.2) is 0 Å². The van der Waals surface area contributed by atoms with Crippen LogP contribution in [0.25, 0.3) is 0 Å². The van der Waals surface area contributed by atoms with Crippen molar-refractivity contribution in [1.29, 1.82) is 0 Å². The van der Waals surface area contributed by atoms with Gasteiger partial charge < -0.3 is 5.32 Å². The van der Waals surface area contributed by atoms with E-state index >= 15 is 0 Å². The molecule has 0 bridgehead atoms. The predicted molar refractivity (Wildman–Crippen MR) is 56.6 cm³/mol. The summed E-state index contributed by atoms with van der Waals surface area (Å²) in [4.78, 5) is 0. The highest BCUT2D eigenvalue weighted by molar-refractivity contribution is 5.05. The molecule has 2 aliphatic carbocycles. The van der Waals surface area contributed by atoms with E-state index in [1.54, 1.807) is 0 Å². The zero-order chi connectivity index (χ0) is 9.26. The average Bonchev–Trinajstić information content (AvgIpc) is 2.88. The van der Waals surface area contributed by atoms with Crippen LogP contribution in [-0.4, -0.2) is 13.1 Å². The highest BCUT2D eigenvalue weighted by Crippen LogP contribution is 2.57. The fraction of sp³-hybridized carbons (Fsp3) is 0.833. The van der Waals surface area contributed by atoms with Gasteiger partial charge in [0.05, 0.1) is 0 Å². The minimum absolute atomic E-state index is 0.714. The monoisotopic (exact) mass is 179 g/mol. The topological polar surface area (TPSA) is 12.0 Å². The van der Waals surface area contributed by atoms with Gasteiger partial charge in [0.1, 0.15) is 0 Å². The fourth-order valence-corrected chi connectivity index (χ4v) is 3.29. The second kappa shape index (κ2) is 3.83. The van der Waals surface area contributed by atoms with Gasteiger partial charge in [0.15, 0.2) is 0 Å². The molecule has 0 aromatic heterocycles. The molecule has 2 aliphatic rings. The van der Waals surface area contributed by atoms with Crippen molar-refractivity contribution in [2.75, 3.05) is 7.05 Å². The van der Waals surface area contributed by atoms with Crippen molar-refractivity contribution in [1.82, 2.24) is 5.32 Å². The van der Waals surface area contributed by atoms with Crippen LogP contribution in [0.3, 0.4) is 0 Å². The molecule has 1 N–H and O–H groups in total. The van der Waals surface area contributed by atoms with Gasteiger partial charge in [-0.3, -0.25) is 0 Å². The molecule has 13 heavy (non-hydrogen) atoms.